The molecule has 0 bridgehead atoms. The zero-order valence-corrected chi connectivity index (χ0v) is 18.5. The van der Waals surface area contributed by atoms with Crippen LogP contribution in [0.2, 0.25) is 0 Å². The molecule has 160 valence electrons. The first-order valence-corrected chi connectivity index (χ1v) is 11.0. The van der Waals surface area contributed by atoms with Gasteiger partial charge in [0.05, 0.1) is 5.69 Å². The normalized spacial score (nSPS) is 18.6. The number of aromatic nitrogens is 2. The Morgan fingerprint density at radius 1 is 1.03 bits per heavy atom. The Bertz CT molecular complexity index is 1200. The number of nitrogens with zero attached hydrogens (tertiary/aromatic N) is 1. The number of H-pyrrole nitrogens is 1. The monoisotopic (exact) mass is 434 g/mol. The smallest absolute Gasteiger partial charge is 0.262 e. The minimum Gasteiger partial charge on any atom is -0.494 e. The summed E-state index contributed by atoms with van der Waals surface area (Å²) >= 11 is 5.35. The summed E-state index contributed by atoms with van der Waals surface area (Å²) in [4.78, 5) is 15.3. The van der Waals surface area contributed by atoms with Crippen LogP contribution in [0.3, 0.4) is 0 Å². The van der Waals surface area contributed by atoms with E-state index in [1.807, 2.05) is 36.4 Å². The molecule has 2 aromatic carbocycles. The van der Waals surface area contributed by atoms with E-state index in [-0.39, 0.29) is 21.8 Å². The second kappa shape index (κ2) is 8.94. The fourth-order valence-corrected chi connectivity index (χ4v) is 4.48. The van der Waals surface area contributed by atoms with Crippen LogP contribution >= 0.6 is 12.2 Å². The van der Waals surface area contributed by atoms with Crippen LogP contribution in [0.5, 0.6) is 17.4 Å². The topological polar surface area (TPSA) is 67.2 Å². The second-order valence-electron chi connectivity index (χ2n) is 8.12. The molecular weight excluding hydrogens is 408 g/mol. The summed E-state index contributed by atoms with van der Waals surface area (Å²) in [6, 6.07) is 16.7. The van der Waals surface area contributed by atoms with Gasteiger partial charge in [0.15, 0.2) is 4.77 Å². The minimum atomic E-state index is -0.375. The molecule has 1 fully saturated rings. The first-order chi connectivity index (χ1) is 14.9. The van der Waals surface area contributed by atoms with Crippen molar-refractivity contribution in [2.45, 2.75) is 33.1 Å². The van der Waals surface area contributed by atoms with E-state index in [0.717, 1.165) is 18.6 Å². The third-order valence-corrected chi connectivity index (χ3v) is 6.20. The van der Waals surface area contributed by atoms with Gasteiger partial charge in [-0.25, -0.2) is 0 Å². The van der Waals surface area contributed by atoms with Crippen LogP contribution in [-0.4, -0.2) is 14.7 Å². The van der Waals surface area contributed by atoms with E-state index >= 15 is 0 Å². The van der Waals surface area contributed by atoms with Crippen LogP contribution < -0.4 is 10.3 Å². The van der Waals surface area contributed by atoms with Gasteiger partial charge in [0.2, 0.25) is 5.88 Å². The third-order valence-electron chi connectivity index (χ3n) is 5.92. The summed E-state index contributed by atoms with van der Waals surface area (Å²) in [6.07, 6.45) is 5.22. The van der Waals surface area contributed by atoms with Crippen molar-refractivity contribution in [3.8, 4) is 23.1 Å². The molecule has 0 amide bonds. The highest BCUT2D eigenvalue weighted by Crippen LogP contribution is 2.36. The van der Waals surface area contributed by atoms with Crippen LogP contribution in [-0.2, 0) is 0 Å². The Hall–Kier alpha value is -3.12. The van der Waals surface area contributed by atoms with E-state index in [1.165, 1.54) is 16.6 Å². The number of rotatable bonds is 4. The molecule has 2 unspecified atom stereocenters. The highest BCUT2D eigenvalue weighted by atomic mass is 32.1. The van der Waals surface area contributed by atoms with Crippen molar-refractivity contribution < 1.29 is 9.84 Å². The van der Waals surface area contributed by atoms with Crippen molar-refractivity contribution in [1.82, 2.24) is 9.55 Å². The fraction of sp³-hybridized carbons (Fsp3) is 0.280. The Morgan fingerprint density at radius 3 is 2.29 bits per heavy atom. The lowest BCUT2D eigenvalue weighted by atomic mass is 9.78. The Balaban J connectivity index is 1.71. The maximum absolute atomic E-state index is 12.6. The highest BCUT2D eigenvalue weighted by Gasteiger charge is 2.23. The molecule has 3 aromatic rings. The number of nitrogens with one attached hydrogen (secondary N) is 1. The first-order valence-electron chi connectivity index (χ1n) is 10.6. The summed E-state index contributed by atoms with van der Waals surface area (Å²) in [6.45, 7) is 4.35. The second-order valence-corrected chi connectivity index (χ2v) is 8.51. The van der Waals surface area contributed by atoms with Gasteiger partial charge < -0.3 is 9.84 Å². The van der Waals surface area contributed by atoms with Crippen LogP contribution in [0.4, 0.5) is 0 Å². The molecule has 6 heteroatoms. The Kier molecular flexibility index (Phi) is 6.09. The molecule has 1 aliphatic carbocycles. The quantitative estimate of drug-likeness (QED) is 0.478. The van der Waals surface area contributed by atoms with Gasteiger partial charge in [0.25, 0.3) is 5.56 Å². The number of para-hydroxylation sites is 1. The summed E-state index contributed by atoms with van der Waals surface area (Å²) in [7, 11) is 0. The third kappa shape index (κ3) is 4.49. The zero-order chi connectivity index (χ0) is 22.0. The van der Waals surface area contributed by atoms with Crippen molar-refractivity contribution in [3.63, 3.8) is 0 Å². The SMILES string of the molecule is CC1CCCC(C)C1=Cc1c(O)n(-c2ccc(Oc3ccccc3)cc2)c(=S)[nH]c1=O. The van der Waals surface area contributed by atoms with Gasteiger partial charge in [-0.1, -0.05) is 44.0 Å². The number of benzene rings is 2. The number of ether oxygens (including phenoxy) is 1. The summed E-state index contributed by atoms with van der Waals surface area (Å²) < 4.78 is 7.46. The Morgan fingerprint density at radius 2 is 1.65 bits per heavy atom. The van der Waals surface area contributed by atoms with E-state index in [1.54, 1.807) is 24.3 Å². The zero-order valence-electron chi connectivity index (χ0n) is 17.7. The van der Waals surface area contributed by atoms with Crippen LogP contribution in [0.25, 0.3) is 11.8 Å². The average molecular weight is 435 g/mol. The highest BCUT2D eigenvalue weighted by molar-refractivity contribution is 7.71. The van der Waals surface area contributed by atoms with Gasteiger partial charge in [-0.3, -0.25) is 14.3 Å². The van der Waals surface area contributed by atoms with Crippen molar-refractivity contribution in [1.29, 1.82) is 0 Å². The molecule has 1 aromatic heterocycles. The van der Waals surface area contributed by atoms with Crippen molar-refractivity contribution in [3.05, 3.63) is 80.9 Å². The van der Waals surface area contributed by atoms with E-state index in [4.69, 9.17) is 17.0 Å². The number of allylic oxidation sites excluding steroid dienone is 1. The number of aromatic amines is 1. The predicted molar refractivity (Wildman–Crippen MR) is 126 cm³/mol. The maximum Gasteiger partial charge on any atom is 0.262 e. The molecule has 1 heterocycles. The lowest BCUT2D eigenvalue weighted by Gasteiger charge is -2.28. The molecule has 4 rings (SSSR count). The first kappa shape index (κ1) is 21.1. The summed E-state index contributed by atoms with van der Waals surface area (Å²) in [5.74, 6) is 2.02. The van der Waals surface area contributed by atoms with Gasteiger partial charge in [-0.05, 0) is 79.4 Å². The van der Waals surface area contributed by atoms with Gasteiger partial charge in [-0.15, -0.1) is 0 Å². The molecule has 31 heavy (non-hydrogen) atoms. The van der Waals surface area contributed by atoms with E-state index < -0.39 is 0 Å². The van der Waals surface area contributed by atoms with Crippen molar-refractivity contribution in [2.75, 3.05) is 0 Å². The van der Waals surface area contributed by atoms with Crippen LogP contribution in [0, 0.1) is 16.6 Å². The van der Waals surface area contributed by atoms with Gasteiger partial charge >= 0.3 is 0 Å². The number of aromatic hydroxyl groups is 1. The van der Waals surface area contributed by atoms with Gasteiger partial charge in [0, 0.05) is 0 Å². The largest absolute Gasteiger partial charge is 0.494 e. The molecule has 1 saturated carbocycles. The average Bonchev–Trinajstić information content (AvgIpc) is 2.75. The summed E-state index contributed by atoms with van der Waals surface area (Å²) in [5.41, 5.74) is 1.71. The molecule has 5 nitrogen and oxygen atoms in total. The van der Waals surface area contributed by atoms with E-state index in [0.29, 0.717) is 23.3 Å². The predicted octanol–water partition coefficient (Wildman–Crippen LogP) is 6.23. The molecular formula is C25H26N2O3S. The standard InChI is InChI=1S/C25H26N2O3S/c1-16-7-6-8-17(2)21(16)15-22-23(28)26-25(31)27(24(22)29)18-11-13-20(14-12-18)30-19-9-4-3-5-10-19/h3-5,9-17,29H,6-8H2,1-2H3,(H,26,28,31). The Labute approximate surface area is 186 Å². The molecule has 2 atom stereocenters. The van der Waals surface area contributed by atoms with E-state index in [2.05, 4.69) is 18.8 Å². The van der Waals surface area contributed by atoms with Gasteiger partial charge in [-0.2, -0.15) is 0 Å². The van der Waals surface area contributed by atoms with Crippen molar-refractivity contribution >= 4 is 18.3 Å². The van der Waals surface area contributed by atoms with Crippen LogP contribution in [0.15, 0.2) is 65.0 Å². The molecule has 2 N–H and O–H groups in total. The van der Waals surface area contributed by atoms with Crippen molar-refractivity contribution in [2.24, 2.45) is 11.8 Å². The summed E-state index contributed by atoms with van der Waals surface area (Å²) in [5, 5.41) is 11.0. The molecule has 0 spiro atoms. The van der Waals surface area contributed by atoms with Crippen LogP contribution in [0.1, 0.15) is 38.7 Å². The number of hydrogen-bond donors (Lipinski definition) is 2. The minimum absolute atomic E-state index is 0.145. The molecule has 1 aliphatic rings. The molecule has 0 radical (unpaired) electrons. The fourth-order valence-electron chi connectivity index (χ4n) is 4.20. The lowest BCUT2D eigenvalue weighted by Crippen LogP contribution is -2.19. The molecule has 0 saturated heterocycles. The number of hydrogen-bond acceptors (Lipinski definition) is 4. The molecule has 0 aliphatic heterocycles. The van der Waals surface area contributed by atoms with E-state index in [9.17, 15) is 9.90 Å². The maximum atomic E-state index is 12.6. The van der Waals surface area contributed by atoms with Gasteiger partial charge in [0.1, 0.15) is 17.1 Å². The lowest BCUT2D eigenvalue weighted by molar-refractivity contribution is 0.406.